The fraction of sp³-hybridized carbons (Fsp3) is 0.375. The van der Waals surface area contributed by atoms with Crippen LogP contribution in [0.25, 0.3) is 10.8 Å². The molecule has 0 aliphatic heterocycles. The lowest BCUT2D eigenvalue weighted by Crippen LogP contribution is -2.35. The number of hydrogen-bond acceptors (Lipinski definition) is 2. The lowest BCUT2D eigenvalue weighted by molar-refractivity contribution is 0.0952. The van der Waals surface area contributed by atoms with E-state index in [1.165, 1.54) is 5.39 Å². The lowest BCUT2D eigenvalue weighted by Gasteiger charge is -2.28. The zero-order valence-electron chi connectivity index (χ0n) is 11.3. The van der Waals surface area contributed by atoms with Gasteiger partial charge in [-0.1, -0.05) is 36.4 Å². The van der Waals surface area contributed by atoms with E-state index in [1.807, 2.05) is 31.2 Å². The number of ether oxygens (including phenoxy) is 1. The minimum Gasteiger partial charge on any atom is -0.487 e. The quantitative estimate of drug-likeness (QED) is 0.888. The molecule has 2 aromatic rings. The molecule has 0 radical (unpaired) electrons. The Morgan fingerprint density at radius 1 is 1.11 bits per heavy atom. The van der Waals surface area contributed by atoms with Crippen molar-refractivity contribution in [1.82, 2.24) is 0 Å². The average Bonchev–Trinajstić information content (AvgIpc) is 2.27. The van der Waals surface area contributed by atoms with Crippen molar-refractivity contribution in [2.24, 2.45) is 5.73 Å². The van der Waals surface area contributed by atoms with Gasteiger partial charge in [0.2, 0.25) is 0 Å². The summed E-state index contributed by atoms with van der Waals surface area (Å²) in [5.74, 6) is 0.929. The number of benzene rings is 2. The molecule has 1 atom stereocenters. The van der Waals surface area contributed by atoms with Gasteiger partial charge in [0.15, 0.2) is 0 Å². The Balaban J connectivity index is 2.32. The summed E-state index contributed by atoms with van der Waals surface area (Å²) in [4.78, 5) is 0. The Kier molecular flexibility index (Phi) is 3.58. The van der Waals surface area contributed by atoms with Crippen LogP contribution in [0.5, 0.6) is 5.75 Å². The van der Waals surface area contributed by atoms with Crippen molar-refractivity contribution >= 4 is 10.8 Å². The van der Waals surface area contributed by atoms with Crippen LogP contribution < -0.4 is 10.5 Å². The van der Waals surface area contributed by atoms with E-state index in [0.717, 1.165) is 17.6 Å². The largest absolute Gasteiger partial charge is 0.487 e. The fourth-order valence-corrected chi connectivity index (χ4v) is 2.40. The summed E-state index contributed by atoms with van der Waals surface area (Å²) < 4.78 is 6.15. The van der Waals surface area contributed by atoms with Crippen LogP contribution in [0.3, 0.4) is 0 Å². The first-order valence-electron chi connectivity index (χ1n) is 6.40. The third kappa shape index (κ3) is 3.02. The van der Waals surface area contributed by atoms with Gasteiger partial charge in [0, 0.05) is 17.8 Å². The summed E-state index contributed by atoms with van der Waals surface area (Å²) in [6, 6.07) is 14.5. The molecule has 0 saturated carbocycles. The molecular formula is C16H21NO. The number of fused-ring (bicyclic) bond motifs is 1. The summed E-state index contributed by atoms with van der Waals surface area (Å²) in [5, 5.41) is 2.35. The van der Waals surface area contributed by atoms with E-state index in [1.54, 1.807) is 0 Å². The number of nitrogens with two attached hydrogens (primary N) is 1. The van der Waals surface area contributed by atoms with Gasteiger partial charge in [-0.2, -0.15) is 0 Å². The van der Waals surface area contributed by atoms with Gasteiger partial charge in [-0.25, -0.2) is 0 Å². The van der Waals surface area contributed by atoms with Crippen LogP contribution in [0.15, 0.2) is 42.5 Å². The molecule has 2 aromatic carbocycles. The molecule has 2 rings (SSSR count). The van der Waals surface area contributed by atoms with Crippen LogP contribution in [0, 0.1) is 0 Å². The third-order valence-electron chi connectivity index (χ3n) is 2.95. The van der Waals surface area contributed by atoms with Crippen molar-refractivity contribution in [1.29, 1.82) is 0 Å². The molecule has 0 aliphatic carbocycles. The highest BCUT2D eigenvalue weighted by Gasteiger charge is 2.22. The average molecular weight is 243 g/mol. The SMILES string of the molecule is CC(N)CC(C)(C)Oc1cccc2ccccc12. The van der Waals surface area contributed by atoms with Gasteiger partial charge in [-0.05, 0) is 32.2 Å². The monoisotopic (exact) mass is 243 g/mol. The van der Waals surface area contributed by atoms with Gasteiger partial charge in [0.1, 0.15) is 11.4 Å². The van der Waals surface area contributed by atoms with Crippen LogP contribution in [0.1, 0.15) is 27.2 Å². The van der Waals surface area contributed by atoms with E-state index in [9.17, 15) is 0 Å². The summed E-state index contributed by atoms with van der Waals surface area (Å²) in [5.41, 5.74) is 5.61. The Morgan fingerprint density at radius 2 is 1.78 bits per heavy atom. The summed E-state index contributed by atoms with van der Waals surface area (Å²) in [7, 11) is 0. The summed E-state index contributed by atoms with van der Waals surface area (Å²) >= 11 is 0. The molecule has 0 spiro atoms. The molecule has 0 amide bonds. The first-order chi connectivity index (χ1) is 8.48. The predicted molar refractivity (Wildman–Crippen MR) is 76.9 cm³/mol. The van der Waals surface area contributed by atoms with E-state index < -0.39 is 0 Å². The lowest BCUT2D eigenvalue weighted by atomic mass is 10.00. The molecule has 0 fully saturated rings. The third-order valence-corrected chi connectivity index (χ3v) is 2.95. The van der Waals surface area contributed by atoms with Gasteiger partial charge >= 0.3 is 0 Å². The Labute approximate surface area is 109 Å². The molecule has 2 nitrogen and oxygen atoms in total. The first-order valence-corrected chi connectivity index (χ1v) is 6.40. The van der Waals surface area contributed by atoms with E-state index in [4.69, 9.17) is 10.5 Å². The van der Waals surface area contributed by atoms with Crippen molar-refractivity contribution in [3.63, 3.8) is 0 Å². The molecule has 1 unspecified atom stereocenters. The molecule has 96 valence electrons. The molecule has 0 aromatic heterocycles. The Bertz CT molecular complexity index is 526. The minimum absolute atomic E-state index is 0.134. The van der Waals surface area contributed by atoms with Gasteiger partial charge in [0.05, 0.1) is 0 Å². The summed E-state index contributed by atoms with van der Waals surface area (Å²) in [6.45, 7) is 6.17. The van der Waals surface area contributed by atoms with Crippen LogP contribution in [-0.4, -0.2) is 11.6 Å². The van der Waals surface area contributed by atoms with Gasteiger partial charge in [0.25, 0.3) is 0 Å². The van der Waals surface area contributed by atoms with Gasteiger partial charge in [-0.3, -0.25) is 0 Å². The van der Waals surface area contributed by atoms with Crippen LogP contribution in [-0.2, 0) is 0 Å². The van der Waals surface area contributed by atoms with Crippen molar-refractivity contribution in [2.75, 3.05) is 0 Å². The standard InChI is InChI=1S/C16H21NO/c1-12(17)11-16(2,3)18-15-10-6-8-13-7-4-5-9-14(13)15/h4-10,12H,11,17H2,1-3H3. The maximum Gasteiger partial charge on any atom is 0.127 e. The minimum atomic E-state index is -0.252. The summed E-state index contributed by atoms with van der Waals surface area (Å²) in [6.07, 6.45) is 0.830. The topological polar surface area (TPSA) is 35.2 Å². The maximum absolute atomic E-state index is 6.15. The predicted octanol–water partition coefficient (Wildman–Crippen LogP) is 3.73. The number of hydrogen-bond donors (Lipinski definition) is 1. The number of rotatable bonds is 4. The maximum atomic E-state index is 6.15. The smallest absolute Gasteiger partial charge is 0.127 e. The van der Waals surface area contributed by atoms with E-state index in [2.05, 4.69) is 32.0 Å². The second-order valence-electron chi connectivity index (χ2n) is 5.52. The first kappa shape index (κ1) is 12.9. The van der Waals surface area contributed by atoms with Crippen LogP contribution >= 0.6 is 0 Å². The van der Waals surface area contributed by atoms with E-state index in [-0.39, 0.29) is 11.6 Å². The fourth-order valence-electron chi connectivity index (χ4n) is 2.40. The molecular weight excluding hydrogens is 222 g/mol. The highest BCUT2D eigenvalue weighted by atomic mass is 16.5. The zero-order chi connectivity index (χ0) is 13.2. The second kappa shape index (κ2) is 4.99. The van der Waals surface area contributed by atoms with Gasteiger partial charge < -0.3 is 10.5 Å². The van der Waals surface area contributed by atoms with E-state index in [0.29, 0.717) is 0 Å². The van der Waals surface area contributed by atoms with Crippen LogP contribution in [0.2, 0.25) is 0 Å². The van der Waals surface area contributed by atoms with Crippen molar-refractivity contribution in [2.45, 2.75) is 38.8 Å². The molecule has 0 saturated heterocycles. The Hall–Kier alpha value is -1.54. The van der Waals surface area contributed by atoms with Crippen LogP contribution in [0.4, 0.5) is 0 Å². The highest BCUT2D eigenvalue weighted by Crippen LogP contribution is 2.29. The Morgan fingerprint density at radius 3 is 2.50 bits per heavy atom. The molecule has 0 aliphatic rings. The molecule has 0 bridgehead atoms. The molecule has 2 N–H and O–H groups in total. The zero-order valence-corrected chi connectivity index (χ0v) is 11.3. The molecule has 18 heavy (non-hydrogen) atoms. The normalized spacial score (nSPS) is 13.6. The highest BCUT2D eigenvalue weighted by molar-refractivity contribution is 5.88. The molecule has 0 heterocycles. The van der Waals surface area contributed by atoms with E-state index >= 15 is 0 Å². The van der Waals surface area contributed by atoms with Crippen molar-refractivity contribution in [3.8, 4) is 5.75 Å². The molecule has 2 heteroatoms. The van der Waals surface area contributed by atoms with Crippen molar-refractivity contribution in [3.05, 3.63) is 42.5 Å². The van der Waals surface area contributed by atoms with Crippen molar-refractivity contribution < 1.29 is 4.74 Å². The van der Waals surface area contributed by atoms with Gasteiger partial charge in [-0.15, -0.1) is 0 Å². The second-order valence-corrected chi connectivity index (χ2v) is 5.52.